The van der Waals surface area contributed by atoms with Gasteiger partial charge < -0.3 is 34.6 Å². The fraction of sp³-hybridized carbons (Fsp3) is 0.610. The highest BCUT2D eigenvalue weighted by atomic mass is 16.6. The van der Waals surface area contributed by atoms with E-state index in [1.54, 1.807) is 4.90 Å². The van der Waals surface area contributed by atoms with E-state index in [1.165, 1.54) is 0 Å². The third-order valence-electron chi connectivity index (χ3n) is 11.8. The number of esters is 1. The third kappa shape index (κ3) is 9.62. The largest absolute Gasteiger partial charge is 0.507 e. The molecule has 2 aromatic carbocycles. The van der Waals surface area contributed by atoms with Gasteiger partial charge in [0.25, 0.3) is 5.91 Å². The van der Waals surface area contributed by atoms with E-state index < -0.39 is 12.2 Å². The summed E-state index contributed by atoms with van der Waals surface area (Å²) >= 11 is 0. The minimum atomic E-state index is -0.995. The Morgan fingerprint density at radius 3 is 2.15 bits per heavy atom. The van der Waals surface area contributed by atoms with Crippen LogP contribution in [0.5, 0.6) is 5.75 Å². The molecule has 0 aliphatic carbocycles. The number of nitrogens with zero attached hydrogens (tertiary/aromatic N) is 4. The molecule has 0 unspecified atom stereocenters. The lowest BCUT2D eigenvalue weighted by Gasteiger charge is -2.41. The van der Waals surface area contributed by atoms with Crippen molar-refractivity contribution in [3.8, 4) is 5.75 Å². The van der Waals surface area contributed by atoms with Gasteiger partial charge in [0.05, 0.1) is 13.2 Å². The zero-order valence-electron chi connectivity index (χ0n) is 31.7. The predicted octanol–water partition coefficient (Wildman–Crippen LogP) is 5.52. The third-order valence-corrected chi connectivity index (χ3v) is 11.8. The number of ether oxygens (including phenoxy) is 2. The number of hydrogen-bond acceptors (Lipinski definition) is 8. The molecule has 3 saturated heterocycles. The molecule has 4 aliphatic heterocycles. The molecule has 0 spiro atoms. The number of anilines is 1. The average Bonchev–Trinajstić information content (AvgIpc) is 3.34. The summed E-state index contributed by atoms with van der Waals surface area (Å²) in [5.74, 6) is 0.964. The molecule has 6 rings (SSSR count). The van der Waals surface area contributed by atoms with Crippen molar-refractivity contribution in [1.82, 2.24) is 19.6 Å². The lowest BCUT2D eigenvalue weighted by molar-refractivity contribution is -0.145. The number of nitrogens with one attached hydrogen (secondary N) is 1. The molecule has 12 heteroatoms. The van der Waals surface area contributed by atoms with Gasteiger partial charge in [-0.3, -0.25) is 14.5 Å². The summed E-state index contributed by atoms with van der Waals surface area (Å²) in [5.41, 5.74) is 4.22. The Bertz CT molecular complexity index is 1590. The number of hydrogen-bond donors (Lipinski definition) is 2. The van der Waals surface area contributed by atoms with Crippen LogP contribution in [-0.2, 0) is 31.9 Å². The monoisotopic (exact) mass is 731 g/mol. The normalized spacial score (nSPS) is 20.0. The number of phenolic OH excluding ortho intramolecular Hbond substituents is 1. The van der Waals surface area contributed by atoms with Crippen LogP contribution in [0.1, 0.15) is 74.1 Å². The van der Waals surface area contributed by atoms with Crippen LogP contribution in [0.2, 0.25) is 0 Å². The van der Waals surface area contributed by atoms with E-state index in [-0.39, 0.29) is 36.1 Å². The number of rotatable bonds is 10. The Morgan fingerprint density at radius 2 is 1.49 bits per heavy atom. The molecule has 12 nitrogen and oxygen atoms in total. The van der Waals surface area contributed by atoms with Gasteiger partial charge in [-0.25, -0.2) is 9.59 Å². The summed E-state index contributed by atoms with van der Waals surface area (Å²) in [5, 5.41) is 13.4. The smallest absolute Gasteiger partial charge is 0.410 e. The van der Waals surface area contributed by atoms with Crippen molar-refractivity contribution < 1.29 is 33.8 Å². The Balaban J connectivity index is 1.04. The van der Waals surface area contributed by atoms with E-state index >= 15 is 0 Å². The minimum Gasteiger partial charge on any atom is -0.507 e. The highest BCUT2D eigenvalue weighted by Gasteiger charge is 2.37. The number of para-hydroxylation sites is 1. The van der Waals surface area contributed by atoms with E-state index in [1.807, 2.05) is 67.0 Å². The van der Waals surface area contributed by atoms with Gasteiger partial charge in [-0.05, 0) is 118 Å². The second-order valence-electron chi connectivity index (χ2n) is 15.4. The molecule has 2 aromatic rings. The second-order valence-corrected chi connectivity index (χ2v) is 15.4. The van der Waals surface area contributed by atoms with Crippen LogP contribution in [-0.4, -0.2) is 120 Å². The Hall–Kier alpha value is -4.32. The first-order valence-corrected chi connectivity index (χ1v) is 19.7. The molecular formula is C41H57N5O7. The fourth-order valence-electron chi connectivity index (χ4n) is 8.67. The lowest BCUT2D eigenvalue weighted by Crippen LogP contribution is -2.52. The van der Waals surface area contributed by atoms with Gasteiger partial charge in [0, 0.05) is 50.9 Å². The summed E-state index contributed by atoms with van der Waals surface area (Å²) in [4.78, 5) is 60.7. The van der Waals surface area contributed by atoms with Crippen molar-refractivity contribution in [2.75, 3.05) is 64.3 Å². The summed E-state index contributed by atoms with van der Waals surface area (Å²) in [6.07, 6.45) is 5.43. The first-order chi connectivity index (χ1) is 25.6. The number of benzene rings is 2. The van der Waals surface area contributed by atoms with Crippen LogP contribution >= 0.6 is 0 Å². The summed E-state index contributed by atoms with van der Waals surface area (Å²) in [6.45, 7) is 10.9. The van der Waals surface area contributed by atoms with E-state index in [4.69, 9.17) is 9.47 Å². The van der Waals surface area contributed by atoms with E-state index in [2.05, 4.69) is 10.2 Å². The minimum absolute atomic E-state index is 0.00424. The maximum Gasteiger partial charge on any atom is 0.410 e. The average molecular weight is 732 g/mol. The van der Waals surface area contributed by atoms with Gasteiger partial charge in [0.1, 0.15) is 5.75 Å². The van der Waals surface area contributed by atoms with Gasteiger partial charge in [-0.15, -0.1) is 0 Å². The first-order valence-electron chi connectivity index (χ1n) is 19.7. The topological polar surface area (TPSA) is 132 Å². The fourth-order valence-corrected chi connectivity index (χ4v) is 8.67. The Morgan fingerprint density at radius 1 is 0.868 bits per heavy atom. The van der Waals surface area contributed by atoms with E-state index in [0.29, 0.717) is 81.7 Å². The summed E-state index contributed by atoms with van der Waals surface area (Å²) < 4.78 is 11.4. The predicted molar refractivity (Wildman–Crippen MR) is 202 cm³/mol. The van der Waals surface area contributed by atoms with Crippen LogP contribution in [0.4, 0.5) is 15.3 Å². The standard InChI is InChI=1S/C41H57N5O7/c1-4-23-52-37(47)27-43-16-9-31(10-17-43)32-11-18-44(19-12-32)39(49)36(26-30-24-28(2)38(48)29(3)25-30)53-41(51)45-20-14-34(15-21-45)46-22-13-33-7-5-6-8-35(33)42-40(46)50/h5-8,24-25,31-32,34,36,48H,4,9-23,26-27H2,1-3H3,(H,42,50)/t36-/m1/s1. The number of carbonyl (C=O) groups is 4. The van der Waals surface area contributed by atoms with E-state index in [9.17, 15) is 24.3 Å². The highest BCUT2D eigenvalue weighted by Crippen LogP contribution is 2.33. The van der Waals surface area contributed by atoms with Crippen LogP contribution < -0.4 is 5.32 Å². The van der Waals surface area contributed by atoms with E-state index in [0.717, 1.165) is 68.4 Å². The molecule has 0 saturated carbocycles. The van der Waals surface area contributed by atoms with Gasteiger partial charge in [0.15, 0.2) is 6.10 Å². The molecule has 0 aromatic heterocycles. The lowest BCUT2D eigenvalue weighted by atomic mass is 9.78. The van der Waals surface area contributed by atoms with Crippen molar-refractivity contribution in [2.24, 2.45) is 11.8 Å². The molecule has 0 radical (unpaired) electrons. The Kier molecular flexibility index (Phi) is 12.8. The van der Waals surface area contributed by atoms with Gasteiger partial charge in [-0.2, -0.15) is 0 Å². The van der Waals surface area contributed by atoms with Crippen LogP contribution in [0, 0.1) is 25.7 Å². The number of aryl methyl sites for hydroxylation is 2. The number of piperidine rings is 3. The van der Waals surface area contributed by atoms with Crippen LogP contribution in [0.3, 0.4) is 0 Å². The first kappa shape index (κ1) is 38.4. The molecule has 4 heterocycles. The zero-order valence-corrected chi connectivity index (χ0v) is 31.7. The van der Waals surface area contributed by atoms with Gasteiger partial charge >= 0.3 is 18.1 Å². The molecular weight excluding hydrogens is 674 g/mol. The number of carbonyl (C=O) groups excluding carboxylic acids is 4. The van der Waals surface area contributed by atoms with Crippen molar-refractivity contribution in [1.29, 1.82) is 0 Å². The van der Waals surface area contributed by atoms with Crippen LogP contribution in [0.25, 0.3) is 0 Å². The highest BCUT2D eigenvalue weighted by molar-refractivity contribution is 5.91. The molecule has 4 aliphatic rings. The van der Waals surface area contributed by atoms with Crippen molar-refractivity contribution >= 4 is 29.7 Å². The molecule has 4 amide bonds. The SMILES string of the molecule is CCCOC(=O)CN1CCC(C2CCN(C(=O)[C@@H](Cc3cc(C)c(O)c(C)c3)OC(=O)N3CCC(N4CCc5ccccc5NC4=O)CC3)CC2)CC1. The molecule has 0 bridgehead atoms. The van der Waals surface area contributed by atoms with Crippen molar-refractivity contribution in [2.45, 2.75) is 90.7 Å². The maximum absolute atomic E-state index is 14.2. The molecule has 53 heavy (non-hydrogen) atoms. The van der Waals surface area contributed by atoms with Crippen molar-refractivity contribution in [3.63, 3.8) is 0 Å². The number of urea groups is 1. The summed E-state index contributed by atoms with van der Waals surface area (Å²) in [7, 11) is 0. The maximum atomic E-state index is 14.2. The summed E-state index contributed by atoms with van der Waals surface area (Å²) in [6, 6.07) is 11.5. The zero-order chi connectivity index (χ0) is 37.5. The van der Waals surface area contributed by atoms with Gasteiger partial charge in [0.2, 0.25) is 0 Å². The second kappa shape index (κ2) is 17.7. The molecule has 2 N–H and O–H groups in total. The number of phenols is 1. The molecule has 3 fully saturated rings. The van der Waals surface area contributed by atoms with Crippen LogP contribution in [0.15, 0.2) is 36.4 Å². The number of fused-ring (bicyclic) bond motifs is 1. The van der Waals surface area contributed by atoms with Crippen molar-refractivity contribution in [3.05, 3.63) is 58.7 Å². The number of amides is 4. The Labute approximate surface area is 313 Å². The molecule has 288 valence electrons. The molecule has 1 atom stereocenters. The number of likely N-dealkylation sites (tertiary alicyclic amines) is 3. The number of aromatic hydroxyl groups is 1. The quantitative estimate of drug-likeness (QED) is 0.306. The van der Waals surface area contributed by atoms with Gasteiger partial charge in [-0.1, -0.05) is 37.3 Å².